The Balaban J connectivity index is 1.87. The molecule has 0 aliphatic rings. The number of carbonyl (C=O) groups excluding carboxylic acids is 1. The van der Waals surface area contributed by atoms with Crippen LogP contribution in [0.2, 0.25) is 0 Å². The third-order valence-electron chi connectivity index (χ3n) is 2.77. The molecule has 7 heteroatoms. The zero-order valence-electron chi connectivity index (χ0n) is 10.9. The molecule has 4 nitrogen and oxygen atoms in total. The van der Waals surface area contributed by atoms with Crippen LogP contribution in [0.3, 0.4) is 0 Å². The SMILES string of the molecule is O=C(CCc1ccc(C(F)(F)F)cc1)Nc1cncnc1. The van der Waals surface area contributed by atoms with Crippen molar-refractivity contribution in [1.29, 1.82) is 0 Å². The molecule has 0 saturated carbocycles. The topological polar surface area (TPSA) is 54.9 Å². The molecule has 2 rings (SSSR count). The molecule has 0 spiro atoms. The minimum Gasteiger partial charge on any atom is -0.323 e. The number of benzene rings is 1. The normalized spacial score (nSPS) is 11.2. The van der Waals surface area contributed by atoms with Crippen LogP contribution in [0.1, 0.15) is 17.5 Å². The molecule has 0 atom stereocenters. The van der Waals surface area contributed by atoms with Crippen molar-refractivity contribution >= 4 is 11.6 Å². The molecule has 0 fully saturated rings. The fourth-order valence-corrected chi connectivity index (χ4v) is 1.71. The Labute approximate surface area is 119 Å². The Morgan fingerprint density at radius 2 is 1.71 bits per heavy atom. The standard InChI is InChI=1S/C14H12F3N3O/c15-14(16,17)11-4-1-10(2-5-11)3-6-13(21)20-12-7-18-9-19-8-12/h1-2,4-5,7-9H,3,6H2,(H,20,21). The third kappa shape index (κ3) is 4.55. The highest BCUT2D eigenvalue weighted by molar-refractivity contribution is 5.90. The second-order valence-corrected chi connectivity index (χ2v) is 4.37. The second-order valence-electron chi connectivity index (χ2n) is 4.37. The molecule has 1 heterocycles. The van der Waals surface area contributed by atoms with Gasteiger partial charge in [0.2, 0.25) is 5.91 Å². The summed E-state index contributed by atoms with van der Waals surface area (Å²) in [6.07, 6.45) is 0.449. The molecule has 0 unspecified atom stereocenters. The van der Waals surface area contributed by atoms with E-state index in [0.29, 0.717) is 17.7 Å². The summed E-state index contributed by atoms with van der Waals surface area (Å²) < 4.78 is 37.2. The van der Waals surface area contributed by atoms with Crippen molar-refractivity contribution in [2.24, 2.45) is 0 Å². The molecule has 0 bridgehead atoms. The molecule has 2 aromatic rings. The number of rotatable bonds is 4. The fourth-order valence-electron chi connectivity index (χ4n) is 1.71. The molecule has 1 aromatic carbocycles. The van der Waals surface area contributed by atoms with Gasteiger partial charge in [-0.05, 0) is 24.1 Å². The summed E-state index contributed by atoms with van der Waals surface area (Å²) in [5.74, 6) is -0.246. The van der Waals surface area contributed by atoms with Crippen LogP contribution in [0.5, 0.6) is 0 Å². The Hall–Kier alpha value is -2.44. The maximum absolute atomic E-state index is 12.4. The van der Waals surface area contributed by atoms with E-state index in [0.717, 1.165) is 12.1 Å². The number of nitrogens with one attached hydrogen (secondary N) is 1. The first-order valence-corrected chi connectivity index (χ1v) is 6.16. The first-order chi connectivity index (χ1) is 9.95. The van der Waals surface area contributed by atoms with Gasteiger partial charge in [0.05, 0.1) is 23.6 Å². The highest BCUT2D eigenvalue weighted by atomic mass is 19.4. The predicted molar refractivity (Wildman–Crippen MR) is 70.4 cm³/mol. The highest BCUT2D eigenvalue weighted by Crippen LogP contribution is 2.29. The summed E-state index contributed by atoms with van der Waals surface area (Å²) in [5, 5.41) is 2.60. The van der Waals surface area contributed by atoms with Gasteiger partial charge in [0.1, 0.15) is 6.33 Å². The van der Waals surface area contributed by atoms with Crippen molar-refractivity contribution < 1.29 is 18.0 Å². The van der Waals surface area contributed by atoms with E-state index in [4.69, 9.17) is 0 Å². The van der Waals surface area contributed by atoms with E-state index in [1.165, 1.54) is 30.9 Å². The van der Waals surface area contributed by atoms with Gasteiger partial charge in [0.25, 0.3) is 0 Å². The summed E-state index contributed by atoms with van der Waals surface area (Å²) in [4.78, 5) is 19.2. The Kier molecular flexibility index (Phi) is 4.52. The predicted octanol–water partition coefficient (Wildman–Crippen LogP) is 3.07. The number of aryl methyl sites for hydroxylation is 1. The van der Waals surface area contributed by atoms with Crippen LogP contribution < -0.4 is 5.32 Å². The molecule has 0 aliphatic carbocycles. The second kappa shape index (κ2) is 6.34. The van der Waals surface area contributed by atoms with E-state index in [2.05, 4.69) is 15.3 Å². The Morgan fingerprint density at radius 3 is 2.29 bits per heavy atom. The molecule has 1 aromatic heterocycles. The summed E-state index contributed by atoms with van der Waals surface area (Å²) >= 11 is 0. The molecule has 0 radical (unpaired) electrons. The zero-order chi connectivity index (χ0) is 15.3. The van der Waals surface area contributed by atoms with Gasteiger partial charge in [0.15, 0.2) is 0 Å². The van der Waals surface area contributed by atoms with Gasteiger partial charge in [0, 0.05) is 6.42 Å². The lowest BCUT2D eigenvalue weighted by atomic mass is 10.1. The zero-order valence-corrected chi connectivity index (χ0v) is 10.9. The van der Waals surface area contributed by atoms with Gasteiger partial charge in [-0.25, -0.2) is 9.97 Å². The van der Waals surface area contributed by atoms with E-state index in [-0.39, 0.29) is 12.3 Å². The van der Waals surface area contributed by atoms with Gasteiger partial charge in [-0.1, -0.05) is 12.1 Å². The molecular formula is C14H12F3N3O. The van der Waals surface area contributed by atoms with Gasteiger partial charge < -0.3 is 5.32 Å². The highest BCUT2D eigenvalue weighted by Gasteiger charge is 2.29. The molecular weight excluding hydrogens is 283 g/mol. The minimum absolute atomic E-state index is 0.167. The molecule has 1 N–H and O–H groups in total. The number of amides is 1. The number of nitrogens with zero attached hydrogens (tertiary/aromatic N) is 2. The first-order valence-electron chi connectivity index (χ1n) is 6.16. The Morgan fingerprint density at radius 1 is 1.10 bits per heavy atom. The van der Waals surface area contributed by atoms with Crippen molar-refractivity contribution in [3.8, 4) is 0 Å². The molecule has 1 amide bonds. The van der Waals surface area contributed by atoms with Crippen LogP contribution in [0, 0.1) is 0 Å². The van der Waals surface area contributed by atoms with Crippen LogP contribution >= 0.6 is 0 Å². The third-order valence-corrected chi connectivity index (χ3v) is 2.77. The van der Waals surface area contributed by atoms with Crippen molar-refractivity contribution in [1.82, 2.24) is 9.97 Å². The molecule has 0 saturated heterocycles. The van der Waals surface area contributed by atoms with Crippen molar-refractivity contribution in [2.45, 2.75) is 19.0 Å². The number of alkyl halides is 3. The number of hydrogen-bond donors (Lipinski definition) is 1. The average molecular weight is 295 g/mol. The molecule has 21 heavy (non-hydrogen) atoms. The lowest BCUT2D eigenvalue weighted by Gasteiger charge is -2.08. The number of halogens is 3. The van der Waals surface area contributed by atoms with E-state index >= 15 is 0 Å². The summed E-state index contributed by atoms with van der Waals surface area (Å²) in [6, 6.07) is 4.78. The maximum atomic E-state index is 12.4. The summed E-state index contributed by atoms with van der Waals surface area (Å²) in [7, 11) is 0. The lowest BCUT2D eigenvalue weighted by molar-refractivity contribution is -0.137. The molecule has 0 aliphatic heterocycles. The fraction of sp³-hybridized carbons (Fsp3) is 0.214. The quantitative estimate of drug-likeness (QED) is 0.943. The van der Waals surface area contributed by atoms with Crippen molar-refractivity contribution in [3.05, 3.63) is 54.1 Å². The monoisotopic (exact) mass is 295 g/mol. The number of anilines is 1. The largest absolute Gasteiger partial charge is 0.416 e. The maximum Gasteiger partial charge on any atom is 0.416 e. The number of carbonyl (C=O) groups is 1. The van der Waals surface area contributed by atoms with Crippen LogP contribution in [0.25, 0.3) is 0 Å². The average Bonchev–Trinajstić information content (AvgIpc) is 2.46. The smallest absolute Gasteiger partial charge is 0.323 e. The van der Waals surface area contributed by atoms with E-state index in [1.54, 1.807) is 0 Å². The van der Waals surface area contributed by atoms with Gasteiger partial charge in [-0.15, -0.1) is 0 Å². The molecule has 110 valence electrons. The van der Waals surface area contributed by atoms with Crippen LogP contribution in [-0.4, -0.2) is 15.9 Å². The van der Waals surface area contributed by atoms with Crippen molar-refractivity contribution in [3.63, 3.8) is 0 Å². The number of aromatic nitrogens is 2. The number of hydrogen-bond acceptors (Lipinski definition) is 3. The van der Waals surface area contributed by atoms with E-state index in [1.807, 2.05) is 0 Å². The Bertz CT molecular complexity index is 597. The van der Waals surface area contributed by atoms with Gasteiger partial charge in [-0.3, -0.25) is 4.79 Å². The van der Waals surface area contributed by atoms with Crippen LogP contribution in [0.4, 0.5) is 18.9 Å². The summed E-state index contributed by atoms with van der Waals surface area (Å²) in [5.41, 5.74) is 0.453. The van der Waals surface area contributed by atoms with Crippen LogP contribution in [-0.2, 0) is 17.4 Å². The van der Waals surface area contributed by atoms with Gasteiger partial charge in [-0.2, -0.15) is 13.2 Å². The van der Waals surface area contributed by atoms with Gasteiger partial charge >= 0.3 is 6.18 Å². The van der Waals surface area contributed by atoms with Crippen molar-refractivity contribution in [2.75, 3.05) is 5.32 Å². The van der Waals surface area contributed by atoms with Crippen LogP contribution in [0.15, 0.2) is 43.0 Å². The van der Waals surface area contributed by atoms with E-state index in [9.17, 15) is 18.0 Å². The first kappa shape index (κ1) is 15.0. The van der Waals surface area contributed by atoms with E-state index < -0.39 is 11.7 Å². The lowest BCUT2D eigenvalue weighted by Crippen LogP contribution is -2.12. The summed E-state index contributed by atoms with van der Waals surface area (Å²) in [6.45, 7) is 0. The minimum atomic E-state index is -4.34.